The van der Waals surface area contributed by atoms with Crippen molar-refractivity contribution in [1.29, 1.82) is 0 Å². The van der Waals surface area contributed by atoms with Crippen LogP contribution in [-0.2, 0) is 11.3 Å². The Balaban J connectivity index is 2.55. The van der Waals surface area contributed by atoms with Crippen LogP contribution in [0.3, 0.4) is 0 Å². The minimum Gasteiger partial charge on any atom is -0.494 e. The van der Waals surface area contributed by atoms with E-state index in [1.54, 1.807) is 0 Å². The van der Waals surface area contributed by atoms with E-state index in [0.29, 0.717) is 19.6 Å². The van der Waals surface area contributed by atoms with Crippen LogP contribution in [0.25, 0.3) is 10.2 Å². The van der Waals surface area contributed by atoms with Crippen LogP contribution in [0.4, 0.5) is 0 Å². The van der Waals surface area contributed by atoms with Crippen LogP contribution < -0.4 is 9.54 Å². The molecule has 0 aliphatic rings. The van der Waals surface area contributed by atoms with Gasteiger partial charge in [0.25, 0.3) is 0 Å². The van der Waals surface area contributed by atoms with Crippen molar-refractivity contribution in [1.82, 2.24) is 4.57 Å². The first-order valence-electron chi connectivity index (χ1n) is 7.14. The van der Waals surface area contributed by atoms with Gasteiger partial charge in [-0.15, -0.1) is 6.58 Å². The third-order valence-corrected chi connectivity index (χ3v) is 4.00. The van der Waals surface area contributed by atoms with Gasteiger partial charge >= 0.3 is 0 Å². The number of allylic oxidation sites excluding steroid dienone is 1. The second-order valence-corrected chi connectivity index (χ2v) is 5.61. The van der Waals surface area contributed by atoms with Crippen molar-refractivity contribution >= 4 is 27.5 Å². The van der Waals surface area contributed by atoms with Crippen molar-refractivity contribution in [3.8, 4) is 5.75 Å². The van der Waals surface area contributed by atoms with Crippen LogP contribution in [0.1, 0.15) is 26.7 Å². The van der Waals surface area contributed by atoms with Crippen LogP contribution in [0.15, 0.2) is 35.8 Å². The molecular formula is C16H20N2O2S. The molecule has 1 aromatic carbocycles. The van der Waals surface area contributed by atoms with Gasteiger partial charge in [-0.3, -0.25) is 4.79 Å². The van der Waals surface area contributed by atoms with E-state index >= 15 is 0 Å². The van der Waals surface area contributed by atoms with Gasteiger partial charge in [-0.25, -0.2) is 0 Å². The molecule has 0 aliphatic heterocycles. The maximum Gasteiger partial charge on any atom is 0.248 e. The first kappa shape index (κ1) is 15.5. The molecule has 4 nitrogen and oxygen atoms in total. The lowest BCUT2D eigenvalue weighted by molar-refractivity contribution is -0.118. The molecule has 2 rings (SSSR count). The summed E-state index contributed by atoms with van der Waals surface area (Å²) in [5.41, 5.74) is 1.05. The van der Waals surface area contributed by atoms with E-state index in [4.69, 9.17) is 4.74 Å². The fourth-order valence-corrected chi connectivity index (χ4v) is 3.16. The summed E-state index contributed by atoms with van der Waals surface area (Å²) in [7, 11) is 0. The van der Waals surface area contributed by atoms with Crippen molar-refractivity contribution in [2.24, 2.45) is 4.99 Å². The zero-order valence-corrected chi connectivity index (χ0v) is 13.3. The van der Waals surface area contributed by atoms with Crippen LogP contribution in [0.5, 0.6) is 5.75 Å². The first-order chi connectivity index (χ1) is 10.2. The SMILES string of the molecule is C=CCn1c(=NC(=O)CCC)sc2cc(OCC)ccc21. The fraction of sp³-hybridized carbons (Fsp3) is 0.375. The Kier molecular flexibility index (Phi) is 5.33. The van der Waals surface area contributed by atoms with Gasteiger partial charge in [0.15, 0.2) is 4.80 Å². The molecule has 0 spiro atoms. The molecule has 0 fully saturated rings. The Morgan fingerprint density at radius 1 is 1.48 bits per heavy atom. The van der Waals surface area contributed by atoms with Gasteiger partial charge in [-0.05, 0) is 31.5 Å². The topological polar surface area (TPSA) is 43.6 Å². The number of ether oxygens (including phenoxy) is 1. The highest BCUT2D eigenvalue weighted by Gasteiger charge is 2.08. The monoisotopic (exact) mass is 304 g/mol. The fourth-order valence-electron chi connectivity index (χ4n) is 2.08. The molecule has 0 N–H and O–H groups in total. The smallest absolute Gasteiger partial charge is 0.248 e. The number of nitrogens with zero attached hydrogens (tertiary/aromatic N) is 2. The van der Waals surface area contributed by atoms with E-state index < -0.39 is 0 Å². The third-order valence-electron chi connectivity index (χ3n) is 2.96. The van der Waals surface area contributed by atoms with Crippen molar-refractivity contribution in [3.63, 3.8) is 0 Å². The van der Waals surface area contributed by atoms with E-state index in [2.05, 4.69) is 11.6 Å². The predicted octanol–water partition coefficient (Wildman–Crippen LogP) is 3.51. The van der Waals surface area contributed by atoms with Gasteiger partial charge in [0, 0.05) is 13.0 Å². The Morgan fingerprint density at radius 3 is 2.95 bits per heavy atom. The van der Waals surface area contributed by atoms with Crippen LogP contribution in [0, 0.1) is 0 Å². The van der Waals surface area contributed by atoms with Gasteiger partial charge in [0.2, 0.25) is 5.91 Å². The quantitative estimate of drug-likeness (QED) is 0.766. The number of fused-ring (bicyclic) bond motifs is 1. The van der Waals surface area contributed by atoms with E-state index in [1.807, 2.05) is 42.7 Å². The highest BCUT2D eigenvalue weighted by Crippen LogP contribution is 2.23. The summed E-state index contributed by atoms with van der Waals surface area (Å²) >= 11 is 1.51. The van der Waals surface area contributed by atoms with Crippen LogP contribution >= 0.6 is 11.3 Å². The molecular weight excluding hydrogens is 284 g/mol. The van der Waals surface area contributed by atoms with Crippen molar-refractivity contribution < 1.29 is 9.53 Å². The van der Waals surface area contributed by atoms with Crippen molar-refractivity contribution in [2.75, 3.05) is 6.61 Å². The number of amides is 1. The lowest BCUT2D eigenvalue weighted by atomic mass is 10.3. The number of carbonyl (C=O) groups is 1. The summed E-state index contributed by atoms with van der Waals surface area (Å²) in [6.45, 7) is 8.98. The number of benzene rings is 1. The zero-order valence-electron chi connectivity index (χ0n) is 12.5. The van der Waals surface area contributed by atoms with Gasteiger partial charge < -0.3 is 9.30 Å². The minimum atomic E-state index is -0.0769. The molecule has 5 heteroatoms. The molecule has 1 amide bonds. The molecule has 0 aliphatic carbocycles. The van der Waals surface area contributed by atoms with Crippen molar-refractivity contribution in [2.45, 2.75) is 33.2 Å². The van der Waals surface area contributed by atoms with E-state index in [9.17, 15) is 4.79 Å². The molecule has 112 valence electrons. The molecule has 1 heterocycles. The number of thiazole rings is 1. The third kappa shape index (κ3) is 3.61. The van der Waals surface area contributed by atoms with E-state index in [1.165, 1.54) is 11.3 Å². The summed E-state index contributed by atoms with van der Waals surface area (Å²) < 4.78 is 8.59. The first-order valence-corrected chi connectivity index (χ1v) is 7.95. The summed E-state index contributed by atoms with van der Waals surface area (Å²) in [6.07, 6.45) is 3.10. The predicted molar refractivity (Wildman–Crippen MR) is 86.7 cm³/mol. The molecule has 0 bridgehead atoms. The number of aromatic nitrogens is 1. The summed E-state index contributed by atoms with van der Waals surface area (Å²) in [4.78, 5) is 16.7. The van der Waals surface area contributed by atoms with E-state index in [0.717, 1.165) is 27.2 Å². The van der Waals surface area contributed by atoms with Gasteiger partial charge in [-0.1, -0.05) is 24.3 Å². The largest absolute Gasteiger partial charge is 0.494 e. The lowest BCUT2D eigenvalue weighted by Crippen LogP contribution is -2.16. The summed E-state index contributed by atoms with van der Waals surface area (Å²) in [6, 6.07) is 5.94. The number of carbonyl (C=O) groups excluding carboxylic acids is 1. The molecule has 0 radical (unpaired) electrons. The summed E-state index contributed by atoms with van der Waals surface area (Å²) in [5, 5.41) is 0. The standard InChI is InChI=1S/C16H20N2O2S/c1-4-7-15(19)17-16-18(10-5-2)13-9-8-12(20-6-3)11-14(13)21-16/h5,8-9,11H,2,4,6-7,10H2,1,3H3. The second kappa shape index (κ2) is 7.22. The Morgan fingerprint density at radius 2 is 2.29 bits per heavy atom. The maximum absolute atomic E-state index is 11.8. The molecule has 2 aromatic rings. The number of hydrogen-bond acceptors (Lipinski definition) is 3. The molecule has 0 saturated heterocycles. The second-order valence-electron chi connectivity index (χ2n) is 4.60. The average Bonchev–Trinajstić information content (AvgIpc) is 2.77. The maximum atomic E-state index is 11.8. The highest BCUT2D eigenvalue weighted by molar-refractivity contribution is 7.16. The highest BCUT2D eigenvalue weighted by atomic mass is 32.1. The summed E-state index contributed by atoms with van der Waals surface area (Å²) in [5.74, 6) is 0.760. The van der Waals surface area contributed by atoms with Gasteiger partial charge in [-0.2, -0.15) is 4.99 Å². The van der Waals surface area contributed by atoms with Gasteiger partial charge in [0.05, 0.1) is 16.8 Å². The molecule has 0 saturated carbocycles. The zero-order chi connectivity index (χ0) is 15.2. The molecule has 21 heavy (non-hydrogen) atoms. The van der Waals surface area contributed by atoms with E-state index in [-0.39, 0.29) is 5.91 Å². The van der Waals surface area contributed by atoms with Gasteiger partial charge in [0.1, 0.15) is 5.75 Å². The molecule has 0 atom stereocenters. The Labute approximate surface area is 128 Å². The minimum absolute atomic E-state index is 0.0769. The number of hydrogen-bond donors (Lipinski definition) is 0. The lowest BCUT2D eigenvalue weighted by Gasteiger charge is -2.04. The Hall–Kier alpha value is -1.88. The van der Waals surface area contributed by atoms with Crippen LogP contribution in [-0.4, -0.2) is 17.1 Å². The number of rotatable bonds is 6. The molecule has 0 unspecified atom stereocenters. The van der Waals surface area contributed by atoms with Crippen LogP contribution in [0.2, 0.25) is 0 Å². The molecule has 1 aromatic heterocycles. The normalized spacial score (nSPS) is 11.8. The average molecular weight is 304 g/mol. The van der Waals surface area contributed by atoms with Crippen molar-refractivity contribution in [3.05, 3.63) is 35.7 Å². The Bertz CT molecular complexity index is 713.